The van der Waals surface area contributed by atoms with Gasteiger partial charge in [0.05, 0.1) is 11.6 Å². The van der Waals surface area contributed by atoms with Gasteiger partial charge in [-0.3, -0.25) is 0 Å². The van der Waals surface area contributed by atoms with Gasteiger partial charge < -0.3 is 10.2 Å². The molecular formula is C15H20ClFN2. The first-order valence-electron chi connectivity index (χ1n) is 6.24. The van der Waals surface area contributed by atoms with Crippen molar-refractivity contribution in [2.75, 3.05) is 11.4 Å². The molecule has 19 heavy (non-hydrogen) atoms. The van der Waals surface area contributed by atoms with Gasteiger partial charge >= 0.3 is 0 Å². The number of allylic oxidation sites excluding steroid dienone is 1. The maximum atomic E-state index is 13.2. The molecule has 0 radical (unpaired) electrons. The quantitative estimate of drug-likeness (QED) is 0.835. The Morgan fingerprint density at radius 2 is 2.21 bits per heavy atom. The van der Waals surface area contributed by atoms with Gasteiger partial charge in [0.1, 0.15) is 5.82 Å². The molecule has 0 aliphatic heterocycles. The summed E-state index contributed by atoms with van der Waals surface area (Å²) in [5, 5.41) is 3.23. The summed E-state index contributed by atoms with van der Waals surface area (Å²) in [6.07, 6.45) is 3.63. The van der Waals surface area contributed by atoms with E-state index in [1.54, 1.807) is 18.3 Å². The predicted octanol–water partition coefficient (Wildman–Crippen LogP) is 4.33. The van der Waals surface area contributed by atoms with Crippen LogP contribution >= 0.6 is 11.6 Å². The van der Waals surface area contributed by atoms with Crippen LogP contribution in [0.3, 0.4) is 0 Å². The highest BCUT2D eigenvalue weighted by molar-refractivity contribution is 6.31. The minimum Gasteiger partial charge on any atom is -0.364 e. The van der Waals surface area contributed by atoms with Gasteiger partial charge in [-0.15, -0.1) is 0 Å². The lowest BCUT2D eigenvalue weighted by Crippen LogP contribution is -2.34. The van der Waals surface area contributed by atoms with E-state index in [1.807, 2.05) is 13.0 Å². The molecule has 1 rings (SSSR count). The van der Waals surface area contributed by atoms with Gasteiger partial charge in [-0.2, -0.15) is 0 Å². The molecule has 0 atom stereocenters. The molecule has 0 aliphatic carbocycles. The van der Waals surface area contributed by atoms with Gasteiger partial charge in [0.15, 0.2) is 0 Å². The molecule has 0 amide bonds. The molecule has 0 fully saturated rings. The first-order chi connectivity index (χ1) is 8.99. The van der Waals surface area contributed by atoms with Crippen LogP contribution in [0.1, 0.15) is 20.8 Å². The molecule has 0 heterocycles. The Morgan fingerprint density at radius 1 is 1.53 bits per heavy atom. The highest BCUT2D eigenvalue weighted by Gasteiger charge is 2.13. The lowest BCUT2D eigenvalue weighted by atomic mass is 10.2. The van der Waals surface area contributed by atoms with Gasteiger partial charge in [-0.25, -0.2) is 4.39 Å². The monoisotopic (exact) mass is 282 g/mol. The topological polar surface area (TPSA) is 15.3 Å². The van der Waals surface area contributed by atoms with Crippen molar-refractivity contribution < 1.29 is 4.39 Å². The first kappa shape index (κ1) is 15.6. The molecule has 104 valence electrons. The van der Waals surface area contributed by atoms with E-state index in [-0.39, 0.29) is 11.1 Å². The third-order valence-corrected chi connectivity index (χ3v) is 3.12. The van der Waals surface area contributed by atoms with Crippen LogP contribution in [0.2, 0.25) is 5.02 Å². The van der Waals surface area contributed by atoms with Gasteiger partial charge in [0.2, 0.25) is 0 Å². The van der Waals surface area contributed by atoms with Crippen molar-refractivity contribution in [2.24, 2.45) is 0 Å². The van der Waals surface area contributed by atoms with Gasteiger partial charge in [0.25, 0.3) is 0 Å². The van der Waals surface area contributed by atoms with E-state index in [4.69, 9.17) is 11.6 Å². The summed E-state index contributed by atoms with van der Waals surface area (Å²) in [6.45, 7) is 10.5. The second-order valence-corrected chi connectivity index (χ2v) is 4.89. The van der Waals surface area contributed by atoms with Crippen LogP contribution in [0.5, 0.6) is 0 Å². The molecule has 0 bridgehead atoms. The van der Waals surface area contributed by atoms with Crippen LogP contribution < -0.4 is 10.2 Å². The SMILES string of the molecule is C=CN/C(=C\C)CN(c1ccc(F)c(Cl)c1)C(C)C. The maximum absolute atomic E-state index is 13.2. The molecule has 2 nitrogen and oxygen atoms in total. The number of hydrogen-bond acceptors (Lipinski definition) is 2. The molecule has 0 unspecified atom stereocenters. The summed E-state index contributed by atoms with van der Waals surface area (Å²) in [5.74, 6) is -0.399. The molecule has 4 heteroatoms. The highest BCUT2D eigenvalue weighted by Crippen LogP contribution is 2.24. The number of hydrogen-bond donors (Lipinski definition) is 1. The van der Waals surface area contributed by atoms with Crippen molar-refractivity contribution in [3.8, 4) is 0 Å². The van der Waals surface area contributed by atoms with Crippen molar-refractivity contribution in [1.82, 2.24) is 5.32 Å². The third kappa shape index (κ3) is 4.28. The van der Waals surface area contributed by atoms with Crippen LogP contribution in [0.15, 0.2) is 42.8 Å². The van der Waals surface area contributed by atoms with E-state index in [0.717, 1.165) is 11.4 Å². The van der Waals surface area contributed by atoms with E-state index in [0.29, 0.717) is 6.54 Å². The molecule has 0 aromatic heterocycles. The largest absolute Gasteiger partial charge is 0.364 e. The average molecular weight is 283 g/mol. The molecule has 0 spiro atoms. The van der Waals surface area contributed by atoms with Crippen LogP contribution in [-0.2, 0) is 0 Å². The lowest BCUT2D eigenvalue weighted by molar-refractivity contribution is 0.626. The van der Waals surface area contributed by atoms with Crippen molar-refractivity contribution >= 4 is 17.3 Å². The fourth-order valence-corrected chi connectivity index (χ4v) is 1.95. The number of benzene rings is 1. The number of halogens is 2. The lowest BCUT2D eigenvalue weighted by Gasteiger charge is -2.30. The minimum atomic E-state index is -0.399. The van der Waals surface area contributed by atoms with Gasteiger partial charge in [-0.1, -0.05) is 24.3 Å². The Kier molecular flexibility index (Phi) is 5.90. The van der Waals surface area contributed by atoms with E-state index in [9.17, 15) is 4.39 Å². The normalized spacial score (nSPS) is 11.6. The summed E-state index contributed by atoms with van der Waals surface area (Å²) in [6, 6.07) is 5.05. The number of anilines is 1. The summed E-state index contributed by atoms with van der Waals surface area (Å²) in [4.78, 5) is 2.14. The van der Waals surface area contributed by atoms with Crippen LogP contribution in [0.4, 0.5) is 10.1 Å². The molecule has 0 aliphatic rings. The molecule has 0 saturated carbocycles. The molecule has 1 aromatic rings. The zero-order valence-corrected chi connectivity index (χ0v) is 12.3. The minimum absolute atomic E-state index is 0.141. The fourth-order valence-electron chi connectivity index (χ4n) is 1.77. The Labute approximate surface area is 119 Å². The van der Waals surface area contributed by atoms with Gasteiger partial charge in [-0.05, 0) is 45.2 Å². The maximum Gasteiger partial charge on any atom is 0.141 e. The summed E-state index contributed by atoms with van der Waals surface area (Å²) < 4.78 is 13.2. The van der Waals surface area contributed by atoms with Crippen molar-refractivity contribution in [1.29, 1.82) is 0 Å². The Balaban J connectivity index is 3.00. The number of nitrogens with zero attached hydrogens (tertiary/aromatic N) is 1. The first-order valence-corrected chi connectivity index (χ1v) is 6.61. The number of nitrogens with one attached hydrogen (secondary N) is 1. The smallest absolute Gasteiger partial charge is 0.141 e. The molecule has 1 N–H and O–H groups in total. The second kappa shape index (κ2) is 7.19. The zero-order chi connectivity index (χ0) is 14.4. The Hall–Kier alpha value is -1.48. The third-order valence-electron chi connectivity index (χ3n) is 2.83. The summed E-state index contributed by atoms with van der Waals surface area (Å²) in [5.41, 5.74) is 1.93. The predicted molar refractivity (Wildman–Crippen MR) is 81.0 cm³/mol. The van der Waals surface area contributed by atoms with Crippen LogP contribution in [-0.4, -0.2) is 12.6 Å². The van der Waals surface area contributed by atoms with E-state index >= 15 is 0 Å². The van der Waals surface area contributed by atoms with E-state index in [1.165, 1.54) is 6.07 Å². The second-order valence-electron chi connectivity index (χ2n) is 4.48. The van der Waals surface area contributed by atoms with Crippen molar-refractivity contribution in [2.45, 2.75) is 26.8 Å². The van der Waals surface area contributed by atoms with E-state index < -0.39 is 5.82 Å². The molecular weight excluding hydrogens is 263 g/mol. The van der Waals surface area contributed by atoms with Crippen molar-refractivity contribution in [3.05, 3.63) is 53.6 Å². The van der Waals surface area contributed by atoms with Crippen LogP contribution in [0, 0.1) is 5.82 Å². The zero-order valence-electron chi connectivity index (χ0n) is 11.6. The standard InChI is InChI=1S/C15H20ClFN2/c1-5-12(18-6-2)10-19(11(3)4)13-7-8-15(17)14(16)9-13/h5-9,11,18H,2,10H2,1,3-4H3/b12-5-. The molecule has 0 saturated heterocycles. The Bertz CT molecular complexity index is 469. The average Bonchev–Trinajstić information content (AvgIpc) is 2.37. The molecule has 1 aromatic carbocycles. The highest BCUT2D eigenvalue weighted by atomic mass is 35.5. The van der Waals surface area contributed by atoms with Crippen molar-refractivity contribution in [3.63, 3.8) is 0 Å². The number of rotatable bonds is 6. The summed E-state index contributed by atoms with van der Waals surface area (Å²) in [7, 11) is 0. The van der Waals surface area contributed by atoms with Crippen LogP contribution in [0.25, 0.3) is 0 Å². The summed E-state index contributed by atoms with van der Waals surface area (Å²) >= 11 is 5.85. The Morgan fingerprint density at radius 3 is 2.68 bits per heavy atom. The fraction of sp³-hybridized carbons (Fsp3) is 0.333. The van der Waals surface area contributed by atoms with E-state index in [2.05, 4.69) is 30.6 Å². The van der Waals surface area contributed by atoms with Gasteiger partial charge in [0, 0.05) is 17.4 Å².